The molecule has 0 radical (unpaired) electrons. The summed E-state index contributed by atoms with van der Waals surface area (Å²) in [4.78, 5) is 26.1. The van der Waals surface area contributed by atoms with Gasteiger partial charge in [-0.15, -0.1) is 26.6 Å². The first-order valence-electron chi connectivity index (χ1n) is 6.95. The molecule has 0 aromatic carbocycles. The van der Waals surface area contributed by atoms with Gasteiger partial charge in [0.25, 0.3) is 5.56 Å². The van der Waals surface area contributed by atoms with Gasteiger partial charge in [-0.2, -0.15) is 0 Å². The summed E-state index contributed by atoms with van der Waals surface area (Å²) < 4.78 is 1.07. The lowest BCUT2D eigenvalue weighted by Gasteiger charge is -2.03. The number of carbonyl (C=O) groups excluding carboxylic acids is 1. The van der Waals surface area contributed by atoms with E-state index in [0.29, 0.717) is 15.3 Å². The number of aryl methyl sites for hydroxylation is 3. The minimum Gasteiger partial charge on any atom is -0.299 e. The van der Waals surface area contributed by atoms with E-state index in [0.717, 1.165) is 26.6 Å². The Balaban J connectivity index is 1.83. The fourth-order valence-corrected chi connectivity index (χ4v) is 3.70. The highest BCUT2D eigenvalue weighted by Crippen LogP contribution is 2.24. The Morgan fingerprint density at radius 1 is 1.22 bits per heavy atom. The van der Waals surface area contributed by atoms with E-state index in [4.69, 9.17) is 0 Å². The molecule has 3 rings (SSSR count). The van der Waals surface area contributed by atoms with Gasteiger partial charge in [-0.25, -0.2) is 4.68 Å². The maximum atomic E-state index is 12.5. The molecule has 0 unspecified atom stereocenters. The van der Waals surface area contributed by atoms with E-state index < -0.39 is 0 Å². The zero-order chi connectivity index (χ0) is 16.6. The second-order valence-electron chi connectivity index (χ2n) is 4.92. The number of anilines is 1. The normalized spacial score (nSPS) is 11.1. The van der Waals surface area contributed by atoms with Crippen molar-refractivity contribution >= 4 is 43.9 Å². The predicted octanol–water partition coefficient (Wildman–Crippen LogP) is 1.52. The molecule has 0 aliphatic carbocycles. The second kappa shape index (κ2) is 6.13. The van der Waals surface area contributed by atoms with Crippen molar-refractivity contribution in [1.29, 1.82) is 0 Å². The van der Waals surface area contributed by atoms with Crippen molar-refractivity contribution in [3.8, 4) is 0 Å². The lowest BCUT2D eigenvalue weighted by molar-refractivity contribution is -0.117. The van der Waals surface area contributed by atoms with Crippen LogP contribution in [0.2, 0.25) is 0 Å². The zero-order valence-electron chi connectivity index (χ0n) is 12.8. The third kappa shape index (κ3) is 2.99. The van der Waals surface area contributed by atoms with Crippen molar-refractivity contribution in [2.24, 2.45) is 0 Å². The van der Waals surface area contributed by atoms with Gasteiger partial charge in [0.2, 0.25) is 11.0 Å². The van der Waals surface area contributed by atoms with Gasteiger partial charge in [-0.1, -0.05) is 23.5 Å². The van der Waals surface area contributed by atoms with Crippen LogP contribution in [0.5, 0.6) is 0 Å². The third-order valence-electron chi connectivity index (χ3n) is 3.37. The van der Waals surface area contributed by atoms with E-state index in [1.54, 1.807) is 0 Å². The van der Waals surface area contributed by atoms with Crippen molar-refractivity contribution in [2.45, 2.75) is 33.7 Å². The summed E-state index contributed by atoms with van der Waals surface area (Å²) >= 11 is 2.73. The number of hydrogen-bond acceptors (Lipinski definition) is 8. The highest BCUT2D eigenvalue weighted by atomic mass is 32.1. The van der Waals surface area contributed by atoms with Crippen molar-refractivity contribution in [3.63, 3.8) is 0 Å². The van der Waals surface area contributed by atoms with Gasteiger partial charge in [-0.05, 0) is 25.8 Å². The summed E-state index contributed by atoms with van der Waals surface area (Å²) in [6.45, 7) is 5.55. The zero-order valence-corrected chi connectivity index (χ0v) is 14.4. The van der Waals surface area contributed by atoms with Crippen molar-refractivity contribution in [3.05, 3.63) is 25.8 Å². The number of nitrogens with one attached hydrogen (secondary N) is 1. The first-order valence-corrected chi connectivity index (χ1v) is 8.58. The smallest absolute Gasteiger partial charge is 0.279 e. The van der Waals surface area contributed by atoms with Gasteiger partial charge in [0.05, 0.1) is 5.39 Å². The number of amides is 1. The molecule has 8 nitrogen and oxygen atoms in total. The fraction of sp³-hybridized carbons (Fsp3) is 0.385. The molecule has 0 aliphatic heterocycles. The molecule has 0 aliphatic rings. The molecule has 3 heterocycles. The van der Waals surface area contributed by atoms with Crippen LogP contribution >= 0.6 is 22.7 Å². The maximum absolute atomic E-state index is 12.5. The second-order valence-corrected chi connectivity index (χ2v) is 7.18. The average molecular weight is 350 g/mol. The lowest BCUT2D eigenvalue weighted by Crippen LogP contribution is -2.30. The molecular formula is C13H14N6O2S2. The number of fused-ring (bicyclic) bond motifs is 1. The highest BCUT2D eigenvalue weighted by Gasteiger charge is 2.15. The average Bonchev–Trinajstić information content (AvgIpc) is 3.08. The molecule has 3 aromatic rings. The first-order chi connectivity index (χ1) is 11.0. The largest absolute Gasteiger partial charge is 0.299 e. The molecule has 10 heteroatoms. The number of nitrogens with zero attached hydrogens (tertiary/aromatic N) is 5. The Bertz CT molecular complexity index is 942. The van der Waals surface area contributed by atoms with Crippen LogP contribution in [0.4, 0.5) is 5.13 Å². The molecule has 0 bridgehead atoms. The Morgan fingerprint density at radius 3 is 2.70 bits per heavy atom. The van der Waals surface area contributed by atoms with Crippen LogP contribution in [0.15, 0.2) is 4.79 Å². The summed E-state index contributed by atoms with van der Waals surface area (Å²) in [6.07, 6.45) is 0.756. The highest BCUT2D eigenvalue weighted by molar-refractivity contribution is 7.18. The van der Waals surface area contributed by atoms with Crippen LogP contribution in [0.1, 0.15) is 22.4 Å². The van der Waals surface area contributed by atoms with E-state index in [1.807, 2.05) is 20.8 Å². The van der Waals surface area contributed by atoms with E-state index in [9.17, 15) is 9.59 Å². The van der Waals surface area contributed by atoms with E-state index in [2.05, 4.69) is 25.8 Å². The fourth-order valence-electron chi connectivity index (χ4n) is 2.04. The lowest BCUT2D eigenvalue weighted by atomic mass is 10.2. The molecule has 0 fully saturated rings. The minimum atomic E-state index is -0.385. The Morgan fingerprint density at radius 2 is 2.00 bits per heavy atom. The molecule has 120 valence electrons. The topological polar surface area (TPSA) is 103 Å². The maximum Gasteiger partial charge on any atom is 0.279 e. The number of aromatic nitrogens is 5. The van der Waals surface area contributed by atoms with Gasteiger partial charge < -0.3 is 0 Å². The Kier molecular flexibility index (Phi) is 4.18. The molecule has 0 saturated carbocycles. The summed E-state index contributed by atoms with van der Waals surface area (Å²) in [6, 6.07) is 0. The van der Waals surface area contributed by atoms with E-state index in [1.165, 1.54) is 22.7 Å². The van der Waals surface area contributed by atoms with Gasteiger partial charge >= 0.3 is 0 Å². The Hall–Kier alpha value is -2.20. The summed E-state index contributed by atoms with van der Waals surface area (Å²) in [5.74, 6) is -0.385. The minimum absolute atomic E-state index is 0.211. The number of thiophene rings is 1. The van der Waals surface area contributed by atoms with Crippen LogP contribution in [0, 0.1) is 13.8 Å². The molecular weight excluding hydrogens is 336 g/mol. The van der Waals surface area contributed by atoms with E-state index in [-0.39, 0.29) is 18.0 Å². The molecule has 0 atom stereocenters. The number of hydrogen-bond donors (Lipinski definition) is 1. The van der Waals surface area contributed by atoms with Crippen LogP contribution in [-0.4, -0.2) is 31.1 Å². The quantitative estimate of drug-likeness (QED) is 0.765. The molecule has 3 aromatic heterocycles. The van der Waals surface area contributed by atoms with Crippen LogP contribution in [0.25, 0.3) is 10.2 Å². The Labute approximate surface area is 139 Å². The molecule has 1 N–H and O–H groups in total. The monoisotopic (exact) mass is 350 g/mol. The summed E-state index contributed by atoms with van der Waals surface area (Å²) in [5, 5.41) is 20.1. The van der Waals surface area contributed by atoms with Gasteiger partial charge in [-0.3, -0.25) is 14.9 Å². The van der Waals surface area contributed by atoms with Crippen molar-refractivity contribution < 1.29 is 4.79 Å². The van der Waals surface area contributed by atoms with Gasteiger partial charge in [0.1, 0.15) is 11.6 Å². The van der Waals surface area contributed by atoms with Gasteiger partial charge in [0.15, 0.2) is 4.83 Å². The predicted molar refractivity (Wildman–Crippen MR) is 89.1 cm³/mol. The van der Waals surface area contributed by atoms with E-state index >= 15 is 0 Å². The number of carbonyl (C=O) groups is 1. The number of rotatable bonds is 4. The van der Waals surface area contributed by atoms with Crippen LogP contribution in [0.3, 0.4) is 0 Å². The summed E-state index contributed by atoms with van der Waals surface area (Å²) in [5.41, 5.74) is 0.578. The van der Waals surface area contributed by atoms with Crippen LogP contribution < -0.4 is 10.9 Å². The van der Waals surface area contributed by atoms with Crippen molar-refractivity contribution in [2.75, 3.05) is 5.32 Å². The third-order valence-corrected chi connectivity index (χ3v) is 5.44. The summed E-state index contributed by atoms with van der Waals surface area (Å²) in [7, 11) is 0. The molecule has 0 saturated heterocycles. The van der Waals surface area contributed by atoms with Crippen LogP contribution in [-0.2, 0) is 17.8 Å². The van der Waals surface area contributed by atoms with Crippen molar-refractivity contribution in [1.82, 2.24) is 25.2 Å². The van der Waals surface area contributed by atoms with Gasteiger partial charge in [0, 0.05) is 4.88 Å². The molecule has 1 amide bonds. The molecule has 0 spiro atoms. The standard InChI is InChI=1S/C13H14N6O2S2/c1-4-9-15-17-13(23-9)14-8(20)5-19-12(21)10-6(2)7(3)22-11(10)16-18-19/h4-5H2,1-3H3,(H,14,17,20). The SMILES string of the molecule is CCc1nnc(NC(=O)Cn2nnc3sc(C)c(C)c3c2=O)s1. The first kappa shape index (κ1) is 15.7. The molecule has 23 heavy (non-hydrogen) atoms.